The van der Waals surface area contributed by atoms with Crippen molar-refractivity contribution in [2.24, 2.45) is 17.8 Å². The first-order valence-corrected chi connectivity index (χ1v) is 8.84. The van der Waals surface area contributed by atoms with Crippen molar-refractivity contribution in [3.8, 4) is 5.75 Å². The molecule has 0 saturated heterocycles. The highest BCUT2D eigenvalue weighted by Crippen LogP contribution is 2.55. The molecule has 4 fully saturated rings. The van der Waals surface area contributed by atoms with Gasteiger partial charge in [-0.05, 0) is 68.4 Å². The molecule has 5 rings (SSSR count). The average molecular weight is 314 g/mol. The zero-order valence-corrected chi connectivity index (χ0v) is 13.8. The van der Waals surface area contributed by atoms with E-state index < -0.39 is 0 Å². The molecule has 0 aromatic heterocycles. The van der Waals surface area contributed by atoms with E-state index in [1.165, 1.54) is 38.5 Å². The van der Waals surface area contributed by atoms with Crippen molar-refractivity contribution in [2.45, 2.75) is 44.1 Å². The summed E-state index contributed by atoms with van der Waals surface area (Å²) in [6.07, 6.45) is 7.77. The summed E-state index contributed by atoms with van der Waals surface area (Å²) in [6, 6.07) is 7.72. The summed E-state index contributed by atoms with van der Waals surface area (Å²) >= 11 is 0. The van der Waals surface area contributed by atoms with E-state index in [2.05, 4.69) is 10.6 Å². The molecular formula is C19H26N2O2. The molecule has 4 aliphatic rings. The van der Waals surface area contributed by atoms with Gasteiger partial charge in [-0.15, -0.1) is 0 Å². The smallest absolute Gasteiger partial charge is 0.239 e. The van der Waals surface area contributed by atoms with Crippen molar-refractivity contribution >= 4 is 11.6 Å². The minimum Gasteiger partial charge on any atom is -0.495 e. The molecule has 1 aromatic carbocycles. The van der Waals surface area contributed by atoms with Crippen LogP contribution in [0.4, 0.5) is 5.69 Å². The Morgan fingerprint density at radius 3 is 2.35 bits per heavy atom. The Morgan fingerprint density at radius 1 is 1.13 bits per heavy atom. The Kier molecular flexibility index (Phi) is 3.70. The highest BCUT2D eigenvalue weighted by molar-refractivity contribution is 5.82. The normalized spacial score (nSPS) is 34.2. The van der Waals surface area contributed by atoms with Crippen LogP contribution in [0.3, 0.4) is 0 Å². The van der Waals surface area contributed by atoms with E-state index in [1.807, 2.05) is 24.3 Å². The van der Waals surface area contributed by atoms with Crippen LogP contribution in [-0.4, -0.2) is 25.1 Å². The molecule has 124 valence electrons. The molecule has 0 heterocycles. The molecule has 0 unspecified atom stereocenters. The topological polar surface area (TPSA) is 50.4 Å². The van der Waals surface area contributed by atoms with Crippen molar-refractivity contribution in [1.82, 2.24) is 5.32 Å². The van der Waals surface area contributed by atoms with Gasteiger partial charge in [0.25, 0.3) is 0 Å². The summed E-state index contributed by atoms with van der Waals surface area (Å²) in [7, 11) is 1.65. The van der Waals surface area contributed by atoms with Crippen LogP contribution in [0.15, 0.2) is 24.3 Å². The lowest BCUT2D eigenvalue weighted by Gasteiger charge is -2.56. The third kappa shape index (κ3) is 2.91. The number of rotatable bonds is 5. The Morgan fingerprint density at radius 2 is 1.74 bits per heavy atom. The van der Waals surface area contributed by atoms with Crippen LogP contribution < -0.4 is 15.4 Å². The maximum atomic E-state index is 12.5. The van der Waals surface area contributed by atoms with Gasteiger partial charge < -0.3 is 15.4 Å². The first-order valence-electron chi connectivity index (χ1n) is 8.84. The number of carbonyl (C=O) groups is 1. The van der Waals surface area contributed by atoms with Gasteiger partial charge in [0.05, 0.1) is 19.3 Å². The fourth-order valence-corrected chi connectivity index (χ4v) is 5.57. The van der Waals surface area contributed by atoms with Gasteiger partial charge in [0.1, 0.15) is 5.75 Å². The SMILES string of the molecule is COc1ccccc1NCC(=O)NC12CC3CC(CC(C3)C1)C2. The Balaban J connectivity index is 1.37. The lowest BCUT2D eigenvalue weighted by molar-refractivity contribution is -0.125. The van der Waals surface area contributed by atoms with E-state index in [9.17, 15) is 4.79 Å². The predicted molar refractivity (Wildman–Crippen MR) is 90.5 cm³/mol. The van der Waals surface area contributed by atoms with E-state index in [0.717, 1.165) is 29.2 Å². The van der Waals surface area contributed by atoms with Crippen LogP contribution >= 0.6 is 0 Å². The number of carbonyl (C=O) groups excluding carboxylic acids is 1. The molecule has 2 N–H and O–H groups in total. The fourth-order valence-electron chi connectivity index (χ4n) is 5.57. The van der Waals surface area contributed by atoms with Crippen LogP contribution in [-0.2, 0) is 4.79 Å². The van der Waals surface area contributed by atoms with Crippen LogP contribution in [0.25, 0.3) is 0 Å². The summed E-state index contributed by atoms with van der Waals surface area (Å²) in [6.45, 7) is 0.308. The van der Waals surface area contributed by atoms with Gasteiger partial charge in [0.15, 0.2) is 0 Å². The molecular weight excluding hydrogens is 288 g/mol. The first kappa shape index (κ1) is 14.9. The lowest BCUT2D eigenvalue weighted by atomic mass is 9.53. The van der Waals surface area contributed by atoms with Crippen LogP contribution in [0, 0.1) is 17.8 Å². The number of amides is 1. The Hall–Kier alpha value is -1.71. The second-order valence-corrected chi connectivity index (χ2v) is 7.80. The number of hydrogen-bond acceptors (Lipinski definition) is 3. The van der Waals surface area contributed by atoms with Crippen molar-refractivity contribution in [1.29, 1.82) is 0 Å². The second kappa shape index (κ2) is 5.73. The lowest BCUT2D eigenvalue weighted by Crippen LogP contribution is -2.60. The van der Waals surface area contributed by atoms with Crippen molar-refractivity contribution in [2.75, 3.05) is 19.0 Å². The van der Waals surface area contributed by atoms with Gasteiger partial charge in [0.2, 0.25) is 5.91 Å². The Labute approximate surface area is 138 Å². The predicted octanol–water partition coefficient (Wildman–Crippen LogP) is 3.19. The summed E-state index contributed by atoms with van der Waals surface area (Å²) < 4.78 is 5.32. The maximum Gasteiger partial charge on any atom is 0.239 e. The monoisotopic (exact) mass is 314 g/mol. The molecule has 4 nitrogen and oxygen atoms in total. The largest absolute Gasteiger partial charge is 0.495 e. The van der Waals surface area contributed by atoms with E-state index in [0.29, 0.717) is 6.54 Å². The molecule has 0 radical (unpaired) electrons. The van der Waals surface area contributed by atoms with Gasteiger partial charge in [-0.3, -0.25) is 4.79 Å². The van der Waals surface area contributed by atoms with E-state index in [4.69, 9.17) is 4.74 Å². The third-order valence-corrected chi connectivity index (χ3v) is 5.99. The summed E-state index contributed by atoms with van der Waals surface area (Å²) in [5.74, 6) is 3.43. The summed E-state index contributed by atoms with van der Waals surface area (Å²) in [5, 5.41) is 6.60. The zero-order chi connectivity index (χ0) is 15.9. The van der Waals surface area contributed by atoms with Crippen LogP contribution in [0.5, 0.6) is 5.75 Å². The quantitative estimate of drug-likeness (QED) is 0.877. The number of benzene rings is 1. The molecule has 23 heavy (non-hydrogen) atoms. The number of methoxy groups -OCH3 is 1. The Bertz CT molecular complexity index is 564. The summed E-state index contributed by atoms with van der Waals surface area (Å²) in [5.41, 5.74) is 0.963. The molecule has 0 atom stereocenters. The number of nitrogens with one attached hydrogen (secondary N) is 2. The highest BCUT2D eigenvalue weighted by atomic mass is 16.5. The number of hydrogen-bond donors (Lipinski definition) is 2. The van der Waals surface area contributed by atoms with Crippen LogP contribution in [0.1, 0.15) is 38.5 Å². The number of ether oxygens (including phenoxy) is 1. The van der Waals surface area contributed by atoms with E-state index in [1.54, 1.807) is 7.11 Å². The molecule has 4 bridgehead atoms. The zero-order valence-electron chi connectivity index (χ0n) is 13.8. The van der Waals surface area contributed by atoms with Crippen molar-refractivity contribution < 1.29 is 9.53 Å². The van der Waals surface area contributed by atoms with E-state index in [-0.39, 0.29) is 11.4 Å². The van der Waals surface area contributed by atoms with Gasteiger partial charge >= 0.3 is 0 Å². The molecule has 4 saturated carbocycles. The highest BCUT2D eigenvalue weighted by Gasteiger charge is 2.51. The molecule has 0 spiro atoms. The van der Waals surface area contributed by atoms with Gasteiger partial charge in [-0.2, -0.15) is 0 Å². The molecule has 0 aliphatic heterocycles. The first-order chi connectivity index (χ1) is 11.2. The molecule has 1 amide bonds. The van der Waals surface area contributed by atoms with Crippen molar-refractivity contribution in [3.63, 3.8) is 0 Å². The molecule has 4 heteroatoms. The number of anilines is 1. The summed E-state index contributed by atoms with van der Waals surface area (Å²) in [4.78, 5) is 12.5. The third-order valence-electron chi connectivity index (χ3n) is 5.99. The minimum absolute atomic E-state index is 0.0916. The standard InChI is InChI=1S/C19H26N2O2/c1-23-17-5-3-2-4-16(17)20-12-18(22)21-19-9-13-6-14(10-19)8-15(7-13)11-19/h2-5,13-15,20H,6-12H2,1H3,(H,21,22). The van der Waals surface area contributed by atoms with Crippen LogP contribution in [0.2, 0.25) is 0 Å². The number of para-hydroxylation sites is 2. The molecule has 1 aromatic rings. The second-order valence-electron chi connectivity index (χ2n) is 7.80. The fraction of sp³-hybridized carbons (Fsp3) is 0.632. The van der Waals surface area contributed by atoms with Crippen molar-refractivity contribution in [3.05, 3.63) is 24.3 Å². The van der Waals surface area contributed by atoms with E-state index >= 15 is 0 Å². The average Bonchev–Trinajstić information content (AvgIpc) is 2.51. The van der Waals surface area contributed by atoms with Gasteiger partial charge in [-0.1, -0.05) is 12.1 Å². The van der Waals surface area contributed by atoms with Gasteiger partial charge in [0, 0.05) is 5.54 Å². The minimum atomic E-state index is 0.0916. The van der Waals surface area contributed by atoms with Gasteiger partial charge in [-0.25, -0.2) is 0 Å². The maximum absolute atomic E-state index is 12.5. The molecule has 4 aliphatic carbocycles.